The van der Waals surface area contributed by atoms with E-state index in [1.54, 1.807) is 12.3 Å². The maximum absolute atomic E-state index is 11.5. The SMILES string of the molecule is O=C(Nc1ccon1)c1[nH]ncc1I. The topological polar surface area (TPSA) is 83.8 Å². The zero-order valence-electron chi connectivity index (χ0n) is 6.82. The highest BCUT2D eigenvalue weighted by atomic mass is 127. The zero-order valence-corrected chi connectivity index (χ0v) is 8.98. The molecule has 0 aromatic carbocycles. The quantitative estimate of drug-likeness (QED) is 0.818. The number of amides is 1. The van der Waals surface area contributed by atoms with Crippen molar-refractivity contribution in [2.75, 3.05) is 5.32 Å². The van der Waals surface area contributed by atoms with Crippen molar-refractivity contribution in [3.8, 4) is 0 Å². The fourth-order valence-corrected chi connectivity index (χ4v) is 1.39. The van der Waals surface area contributed by atoms with Gasteiger partial charge in [0.2, 0.25) is 0 Å². The number of aromatic nitrogens is 3. The van der Waals surface area contributed by atoms with Crippen molar-refractivity contribution < 1.29 is 9.32 Å². The second-order valence-electron chi connectivity index (χ2n) is 2.43. The van der Waals surface area contributed by atoms with Gasteiger partial charge < -0.3 is 9.84 Å². The Kier molecular flexibility index (Phi) is 2.48. The first-order valence-electron chi connectivity index (χ1n) is 3.68. The van der Waals surface area contributed by atoms with E-state index in [1.165, 1.54) is 6.26 Å². The predicted molar refractivity (Wildman–Crippen MR) is 55.8 cm³/mol. The standard InChI is InChI=1S/C7H5IN4O2/c8-4-3-9-11-6(4)7(13)10-5-1-2-14-12-5/h1-3H,(H,9,11)(H,10,12,13). The normalized spacial score (nSPS) is 10.1. The van der Waals surface area contributed by atoms with Gasteiger partial charge in [-0.05, 0) is 22.6 Å². The van der Waals surface area contributed by atoms with Gasteiger partial charge in [-0.1, -0.05) is 5.16 Å². The van der Waals surface area contributed by atoms with Crippen molar-refractivity contribution in [3.63, 3.8) is 0 Å². The van der Waals surface area contributed by atoms with Gasteiger partial charge >= 0.3 is 0 Å². The summed E-state index contributed by atoms with van der Waals surface area (Å²) < 4.78 is 5.32. The summed E-state index contributed by atoms with van der Waals surface area (Å²) in [6, 6.07) is 1.56. The van der Waals surface area contributed by atoms with E-state index in [1.807, 2.05) is 22.6 Å². The number of H-pyrrole nitrogens is 1. The lowest BCUT2D eigenvalue weighted by atomic mass is 10.4. The molecule has 72 valence electrons. The first-order chi connectivity index (χ1) is 6.77. The van der Waals surface area contributed by atoms with Crippen molar-refractivity contribution in [3.05, 3.63) is 27.8 Å². The Balaban J connectivity index is 2.14. The third-order valence-electron chi connectivity index (χ3n) is 1.50. The van der Waals surface area contributed by atoms with E-state index >= 15 is 0 Å². The molecule has 0 fully saturated rings. The van der Waals surface area contributed by atoms with Gasteiger partial charge in [-0.15, -0.1) is 0 Å². The van der Waals surface area contributed by atoms with Crippen molar-refractivity contribution in [2.45, 2.75) is 0 Å². The van der Waals surface area contributed by atoms with E-state index in [9.17, 15) is 4.79 Å². The average molecular weight is 304 g/mol. The number of carbonyl (C=O) groups is 1. The van der Waals surface area contributed by atoms with E-state index in [-0.39, 0.29) is 5.91 Å². The third-order valence-corrected chi connectivity index (χ3v) is 2.32. The molecule has 0 aliphatic carbocycles. The van der Waals surface area contributed by atoms with Crippen LogP contribution in [0.25, 0.3) is 0 Å². The summed E-state index contributed by atoms with van der Waals surface area (Å²) in [5.41, 5.74) is 0.411. The summed E-state index contributed by atoms with van der Waals surface area (Å²) in [7, 11) is 0. The van der Waals surface area contributed by atoms with Crippen LogP contribution in [-0.4, -0.2) is 21.3 Å². The highest BCUT2D eigenvalue weighted by molar-refractivity contribution is 14.1. The molecule has 0 saturated heterocycles. The van der Waals surface area contributed by atoms with Crippen LogP contribution >= 0.6 is 22.6 Å². The molecular weight excluding hydrogens is 299 g/mol. The average Bonchev–Trinajstić information content (AvgIpc) is 2.75. The van der Waals surface area contributed by atoms with Gasteiger partial charge in [-0.2, -0.15) is 5.10 Å². The van der Waals surface area contributed by atoms with E-state index in [0.29, 0.717) is 11.5 Å². The van der Waals surface area contributed by atoms with Gasteiger partial charge in [0, 0.05) is 6.07 Å². The number of anilines is 1. The number of nitrogens with one attached hydrogen (secondary N) is 2. The molecule has 6 nitrogen and oxygen atoms in total. The molecule has 7 heteroatoms. The van der Waals surface area contributed by atoms with E-state index < -0.39 is 0 Å². The lowest BCUT2D eigenvalue weighted by Crippen LogP contribution is -2.13. The molecule has 0 radical (unpaired) electrons. The molecule has 14 heavy (non-hydrogen) atoms. The Bertz CT molecular complexity index is 436. The van der Waals surface area contributed by atoms with Gasteiger partial charge in [-0.3, -0.25) is 9.89 Å². The second-order valence-corrected chi connectivity index (χ2v) is 3.59. The van der Waals surface area contributed by atoms with Crippen LogP contribution in [0.2, 0.25) is 0 Å². The number of rotatable bonds is 2. The molecule has 0 bridgehead atoms. The molecule has 1 amide bonds. The molecule has 0 spiro atoms. The van der Waals surface area contributed by atoms with Gasteiger partial charge in [-0.25, -0.2) is 0 Å². The van der Waals surface area contributed by atoms with Crippen LogP contribution in [0.1, 0.15) is 10.5 Å². The fourth-order valence-electron chi connectivity index (χ4n) is 0.887. The first-order valence-corrected chi connectivity index (χ1v) is 4.76. The lowest BCUT2D eigenvalue weighted by molar-refractivity contribution is 0.102. The van der Waals surface area contributed by atoms with E-state index in [2.05, 4.69) is 25.2 Å². The second kappa shape index (κ2) is 3.78. The maximum atomic E-state index is 11.5. The highest BCUT2D eigenvalue weighted by Crippen LogP contribution is 2.10. The largest absolute Gasteiger partial charge is 0.363 e. The maximum Gasteiger partial charge on any atom is 0.276 e. The van der Waals surface area contributed by atoms with Crippen molar-refractivity contribution in [2.24, 2.45) is 0 Å². The predicted octanol–water partition coefficient (Wildman–Crippen LogP) is 1.25. The Hall–Kier alpha value is -1.38. The van der Waals surface area contributed by atoms with E-state index in [4.69, 9.17) is 0 Å². The molecule has 0 aliphatic heterocycles. The van der Waals surface area contributed by atoms with Gasteiger partial charge in [0.05, 0.1) is 9.77 Å². The molecule has 2 aromatic heterocycles. The smallest absolute Gasteiger partial charge is 0.276 e. The Labute approximate surface area is 92.2 Å². The molecular formula is C7H5IN4O2. The highest BCUT2D eigenvalue weighted by Gasteiger charge is 2.12. The summed E-state index contributed by atoms with van der Waals surface area (Å²) in [4.78, 5) is 11.5. The number of hydrogen-bond acceptors (Lipinski definition) is 4. The molecule has 2 heterocycles. The zero-order chi connectivity index (χ0) is 9.97. The third kappa shape index (κ3) is 1.76. The number of halogens is 1. The summed E-state index contributed by atoms with van der Waals surface area (Å²) in [6.07, 6.45) is 2.95. The minimum Gasteiger partial charge on any atom is -0.363 e. The minimum atomic E-state index is -0.291. The fraction of sp³-hybridized carbons (Fsp3) is 0. The number of nitrogens with zero attached hydrogens (tertiary/aromatic N) is 2. The van der Waals surface area contributed by atoms with Crippen LogP contribution in [0.4, 0.5) is 5.82 Å². The molecule has 0 saturated carbocycles. The number of aromatic amines is 1. The minimum absolute atomic E-state index is 0.291. The van der Waals surface area contributed by atoms with Crippen molar-refractivity contribution >= 4 is 34.3 Å². The summed E-state index contributed by atoms with van der Waals surface area (Å²) in [5, 5.41) is 12.4. The van der Waals surface area contributed by atoms with Crippen LogP contribution in [-0.2, 0) is 0 Å². The van der Waals surface area contributed by atoms with Crippen LogP contribution in [0.3, 0.4) is 0 Å². The van der Waals surface area contributed by atoms with Crippen LogP contribution in [0.5, 0.6) is 0 Å². The molecule has 0 aliphatic rings. The van der Waals surface area contributed by atoms with Crippen LogP contribution in [0, 0.1) is 3.57 Å². The van der Waals surface area contributed by atoms with E-state index in [0.717, 1.165) is 3.57 Å². The Morgan fingerprint density at radius 2 is 2.50 bits per heavy atom. The molecule has 2 aromatic rings. The number of carbonyl (C=O) groups excluding carboxylic acids is 1. The van der Waals surface area contributed by atoms with Crippen molar-refractivity contribution in [1.29, 1.82) is 0 Å². The van der Waals surface area contributed by atoms with Crippen LogP contribution in [0.15, 0.2) is 23.0 Å². The lowest BCUT2D eigenvalue weighted by Gasteiger charge is -1.97. The Morgan fingerprint density at radius 3 is 3.07 bits per heavy atom. The Morgan fingerprint density at radius 1 is 1.64 bits per heavy atom. The summed E-state index contributed by atoms with van der Waals surface area (Å²) in [6.45, 7) is 0. The van der Waals surface area contributed by atoms with Gasteiger partial charge in [0.15, 0.2) is 5.82 Å². The molecule has 0 unspecified atom stereocenters. The van der Waals surface area contributed by atoms with Gasteiger partial charge in [0.1, 0.15) is 12.0 Å². The van der Waals surface area contributed by atoms with Crippen molar-refractivity contribution in [1.82, 2.24) is 15.4 Å². The molecule has 2 N–H and O–H groups in total. The molecule has 2 rings (SSSR count). The van der Waals surface area contributed by atoms with Gasteiger partial charge in [0.25, 0.3) is 5.91 Å². The van der Waals surface area contributed by atoms with Crippen LogP contribution < -0.4 is 5.32 Å². The molecule has 0 atom stereocenters. The summed E-state index contributed by atoms with van der Waals surface area (Å²) >= 11 is 2.01. The monoisotopic (exact) mass is 304 g/mol. The summed E-state index contributed by atoms with van der Waals surface area (Å²) in [5.74, 6) is 0.0844. The number of hydrogen-bond donors (Lipinski definition) is 2. The first kappa shape index (κ1) is 9.19.